The van der Waals surface area contributed by atoms with Crippen LogP contribution in [0.4, 0.5) is 0 Å². The van der Waals surface area contributed by atoms with Crippen LogP contribution in [-0.4, -0.2) is 56.3 Å². The summed E-state index contributed by atoms with van der Waals surface area (Å²) >= 11 is 0. The van der Waals surface area contributed by atoms with Crippen LogP contribution in [0.15, 0.2) is 122 Å². The van der Waals surface area contributed by atoms with Crippen LogP contribution in [0.25, 0.3) is 45.6 Å². The van der Waals surface area contributed by atoms with Gasteiger partial charge in [0.15, 0.2) is 0 Å². The number of pyridine rings is 6. The van der Waals surface area contributed by atoms with E-state index in [0.717, 1.165) is 22.8 Å². The Morgan fingerprint density at radius 2 is 0.698 bits per heavy atom. The first-order chi connectivity index (χ1) is 21.3. The highest BCUT2D eigenvalue weighted by Crippen LogP contribution is 2.28. The fourth-order valence-corrected chi connectivity index (χ4v) is 4.30. The molecule has 0 aliphatic carbocycles. The van der Waals surface area contributed by atoms with Gasteiger partial charge in [0.2, 0.25) is 0 Å². The van der Waals surface area contributed by atoms with Crippen LogP contribution >= 0.6 is 0 Å². The summed E-state index contributed by atoms with van der Waals surface area (Å²) in [4.78, 5) is 27.3. The second-order valence-electron chi connectivity index (χ2n) is 9.32. The van der Waals surface area contributed by atoms with Gasteiger partial charge in [0.1, 0.15) is 24.7 Å². The Hall–Kier alpha value is -5.54. The maximum atomic E-state index is 6.04. The smallest absolute Gasteiger partial charge is 0.123 e. The Morgan fingerprint density at radius 1 is 0.372 bits per heavy atom. The fraction of sp³-hybridized carbons (Fsp3) is 0.118. The van der Waals surface area contributed by atoms with E-state index in [1.807, 2.05) is 97.1 Å². The van der Waals surface area contributed by atoms with Crippen molar-refractivity contribution in [2.75, 3.05) is 26.4 Å². The minimum atomic E-state index is 0.357. The zero-order valence-electron chi connectivity index (χ0n) is 23.3. The molecule has 212 valence electrons. The fourth-order valence-electron chi connectivity index (χ4n) is 4.30. The van der Waals surface area contributed by atoms with Crippen LogP contribution in [0.2, 0.25) is 0 Å². The molecule has 43 heavy (non-hydrogen) atoms. The number of rotatable bonds is 12. The second-order valence-corrected chi connectivity index (χ2v) is 9.32. The second kappa shape index (κ2) is 13.9. The van der Waals surface area contributed by atoms with Crippen LogP contribution in [0.3, 0.4) is 0 Å². The van der Waals surface area contributed by atoms with Crippen molar-refractivity contribution >= 4 is 0 Å². The SMILES string of the molecule is c1ccc(-c2cc(OCCOCCOc3cc(-c4ccccn4)nc(-c4ccccn4)c3)cc(-c3ccccn3)n2)nc1. The minimum absolute atomic E-state index is 0.357. The molecule has 0 saturated carbocycles. The maximum Gasteiger partial charge on any atom is 0.123 e. The molecule has 9 nitrogen and oxygen atoms in total. The lowest BCUT2D eigenvalue weighted by Crippen LogP contribution is -2.12. The highest BCUT2D eigenvalue weighted by molar-refractivity contribution is 5.65. The highest BCUT2D eigenvalue weighted by atomic mass is 16.5. The van der Waals surface area contributed by atoms with Gasteiger partial charge in [-0.1, -0.05) is 24.3 Å². The van der Waals surface area contributed by atoms with E-state index in [9.17, 15) is 0 Å². The molecule has 0 aliphatic rings. The summed E-state index contributed by atoms with van der Waals surface area (Å²) in [6, 6.07) is 30.4. The van der Waals surface area contributed by atoms with E-state index in [2.05, 4.69) is 19.9 Å². The van der Waals surface area contributed by atoms with Crippen molar-refractivity contribution < 1.29 is 14.2 Å². The molecule has 0 fully saturated rings. The Bertz CT molecular complexity index is 1500. The third-order valence-corrected chi connectivity index (χ3v) is 6.30. The molecule has 0 amide bonds. The summed E-state index contributed by atoms with van der Waals surface area (Å²) in [7, 11) is 0. The van der Waals surface area contributed by atoms with Crippen LogP contribution in [0.1, 0.15) is 0 Å². The van der Waals surface area contributed by atoms with Crippen molar-refractivity contribution in [2.45, 2.75) is 0 Å². The summed E-state index contributed by atoms with van der Waals surface area (Å²) in [6.07, 6.45) is 6.97. The number of hydrogen-bond acceptors (Lipinski definition) is 9. The molecule has 0 N–H and O–H groups in total. The molecular weight excluding hydrogens is 540 g/mol. The molecule has 0 aromatic carbocycles. The van der Waals surface area contributed by atoms with E-state index >= 15 is 0 Å². The molecule has 6 aromatic rings. The number of hydrogen-bond donors (Lipinski definition) is 0. The first kappa shape index (κ1) is 27.6. The molecule has 0 aliphatic heterocycles. The van der Waals surface area contributed by atoms with Gasteiger partial charge in [-0.15, -0.1) is 0 Å². The number of ether oxygens (including phenoxy) is 3. The van der Waals surface area contributed by atoms with Gasteiger partial charge in [0, 0.05) is 49.1 Å². The van der Waals surface area contributed by atoms with E-state index in [1.165, 1.54) is 0 Å². The van der Waals surface area contributed by atoms with Crippen molar-refractivity contribution in [3.05, 3.63) is 122 Å². The summed E-state index contributed by atoms with van der Waals surface area (Å²) in [6.45, 7) is 1.49. The lowest BCUT2D eigenvalue weighted by atomic mass is 10.2. The van der Waals surface area contributed by atoms with E-state index in [-0.39, 0.29) is 0 Å². The van der Waals surface area contributed by atoms with Crippen molar-refractivity contribution in [3.8, 4) is 57.1 Å². The average Bonchev–Trinajstić information content (AvgIpc) is 3.09. The number of aromatic nitrogens is 6. The van der Waals surface area contributed by atoms with Crippen LogP contribution < -0.4 is 9.47 Å². The van der Waals surface area contributed by atoms with Gasteiger partial charge in [0.05, 0.1) is 58.8 Å². The summed E-state index contributed by atoms with van der Waals surface area (Å²) < 4.78 is 17.9. The van der Waals surface area contributed by atoms with Gasteiger partial charge < -0.3 is 14.2 Å². The zero-order valence-corrected chi connectivity index (χ0v) is 23.3. The average molecular weight is 569 g/mol. The minimum Gasteiger partial charge on any atom is -0.491 e. The summed E-state index contributed by atoms with van der Waals surface area (Å²) in [5.41, 5.74) is 5.86. The third-order valence-electron chi connectivity index (χ3n) is 6.30. The van der Waals surface area contributed by atoms with Gasteiger partial charge in [0.25, 0.3) is 0 Å². The van der Waals surface area contributed by atoms with Crippen molar-refractivity contribution in [1.82, 2.24) is 29.9 Å². The Kier molecular flexibility index (Phi) is 8.92. The van der Waals surface area contributed by atoms with Crippen molar-refractivity contribution in [3.63, 3.8) is 0 Å². The number of nitrogens with zero attached hydrogens (tertiary/aromatic N) is 6. The van der Waals surface area contributed by atoms with Crippen molar-refractivity contribution in [2.24, 2.45) is 0 Å². The molecule has 0 saturated heterocycles. The molecule has 0 spiro atoms. The van der Waals surface area contributed by atoms with Gasteiger partial charge in [-0.2, -0.15) is 0 Å². The molecule has 0 radical (unpaired) electrons. The van der Waals surface area contributed by atoms with E-state index < -0.39 is 0 Å². The van der Waals surface area contributed by atoms with E-state index in [1.54, 1.807) is 24.8 Å². The monoisotopic (exact) mass is 568 g/mol. The standard InChI is InChI=1S/C34H28N6O3/c1-5-13-35-27(9-1)31-21-25(22-32(39-31)28-10-2-6-14-36-28)42-19-17-41-18-20-43-26-23-33(29-11-3-7-15-37-29)40-34(24-26)30-12-4-8-16-38-30/h1-16,21-24H,17-20H2. The molecule has 0 bridgehead atoms. The topological polar surface area (TPSA) is 105 Å². The van der Waals surface area contributed by atoms with Gasteiger partial charge in [-0.05, 0) is 48.5 Å². The molecular formula is C34H28N6O3. The third kappa shape index (κ3) is 7.41. The van der Waals surface area contributed by atoms with Gasteiger partial charge in [-0.3, -0.25) is 19.9 Å². The van der Waals surface area contributed by atoms with Crippen LogP contribution in [0, 0.1) is 0 Å². The Labute approximate surface area is 249 Å². The predicted molar refractivity (Wildman–Crippen MR) is 163 cm³/mol. The van der Waals surface area contributed by atoms with E-state index in [4.69, 9.17) is 24.2 Å². The van der Waals surface area contributed by atoms with Gasteiger partial charge >= 0.3 is 0 Å². The maximum absolute atomic E-state index is 6.04. The first-order valence-corrected chi connectivity index (χ1v) is 13.8. The molecule has 0 atom stereocenters. The molecule has 9 heteroatoms. The summed E-state index contributed by atoms with van der Waals surface area (Å²) in [5, 5.41) is 0. The Morgan fingerprint density at radius 3 is 0.977 bits per heavy atom. The largest absolute Gasteiger partial charge is 0.491 e. The first-order valence-electron chi connectivity index (χ1n) is 13.8. The quantitative estimate of drug-likeness (QED) is 0.160. The normalized spacial score (nSPS) is 10.8. The van der Waals surface area contributed by atoms with Gasteiger partial charge in [-0.25, -0.2) is 9.97 Å². The van der Waals surface area contributed by atoms with E-state index in [0.29, 0.717) is 60.7 Å². The molecule has 6 heterocycles. The molecule has 0 unspecified atom stereocenters. The predicted octanol–water partition coefficient (Wildman–Crippen LogP) is 6.20. The summed E-state index contributed by atoms with van der Waals surface area (Å²) in [5.74, 6) is 1.33. The lowest BCUT2D eigenvalue weighted by Gasteiger charge is -2.12. The zero-order chi connectivity index (χ0) is 29.1. The Balaban J connectivity index is 1.06. The van der Waals surface area contributed by atoms with Crippen LogP contribution in [-0.2, 0) is 4.74 Å². The molecule has 6 aromatic heterocycles. The molecule has 6 rings (SSSR count). The highest BCUT2D eigenvalue weighted by Gasteiger charge is 2.11. The lowest BCUT2D eigenvalue weighted by molar-refractivity contribution is 0.0764. The van der Waals surface area contributed by atoms with Crippen molar-refractivity contribution in [1.29, 1.82) is 0 Å². The van der Waals surface area contributed by atoms with Crippen LogP contribution in [0.5, 0.6) is 11.5 Å².